The number of nitrogens with one attached hydrogen (secondary N) is 1. The molecule has 0 radical (unpaired) electrons. The van der Waals surface area contributed by atoms with E-state index in [1.54, 1.807) is 0 Å². The van der Waals surface area contributed by atoms with E-state index in [2.05, 4.69) is 31.2 Å². The Morgan fingerprint density at radius 3 is 2.65 bits per heavy atom. The molecule has 0 spiro atoms. The van der Waals surface area contributed by atoms with Crippen LogP contribution in [0, 0.1) is 6.92 Å². The van der Waals surface area contributed by atoms with Crippen molar-refractivity contribution in [2.45, 2.75) is 25.7 Å². The number of aromatic nitrogens is 2. The fourth-order valence-corrected chi connectivity index (χ4v) is 2.53. The van der Waals surface area contributed by atoms with E-state index in [-0.39, 0.29) is 0 Å². The van der Waals surface area contributed by atoms with Crippen molar-refractivity contribution < 1.29 is 0 Å². The van der Waals surface area contributed by atoms with E-state index >= 15 is 0 Å². The van der Waals surface area contributed by atoms with Crippen LogP contribution in [-0.2, 0) is 0 Å². The Labute approximate surface area is 135 Å². The summed E-state index contributed by atoms with van der Waals surface area (Å²) in [6.45, 7) is 1.91. The maximum absolute atomic E-state index is 6.19. The van der Waals surface area contributed by atoms with Crippen molar-refractivity contribution in [1.29, 1.82) is 0 Å². The highest BCUT2D eigenvalue weighted by molar-refractivity contribution is 9.10. The molecule has 1 N–H and O–H groups in total. The van der Waals surface area contributed by atoms with Crippen LogP contribution in [0.4, 0.5) is 11.5 Å². The number of hydrogen-bond donors (Lipinski definition) is 1. The normalized spacial score (nSPS) is 14.4. The van der Waals surface area contributed by atoms with Crippen LogP contribution in [-0.4, -0.2) is 9.97 Å². The maximum atomic E-state index is 6.19. The molecule has 1 aliphatic carbocycles. The number of rotatable bonds is 3. The Hall–Kier alpha value is -0.840. The molecule has 2 aromatic rings. The molecule has 1 saturated carbocycles. The van der Waals surface area contributed by atoms with Crippen molar-refractivity contribution in [3.63, 3.8) is 0 Å². The van der Waals surface area contributed by atoms with Gasteiger partial charge in [-0.2, -0.15) is 0 Å². The Morgan fingerprint density at radius 2 is 2.00 bits per heavy atom. The summed E-state index contributed by atoms with van der Waals surface area (Å²) in [6.07, 6.45) is 2.29. The molecule has 0 atom stereocenters. The Kier molecular flexibility index (Phi) is 3.89. The molecule has 3 nitrogen and oxygen atoms in total. The van der Waals surface area contributed by atoms with Crippen molar-refractivity contribution in [1.82, 2.24) is 9.97 Å². The summed E-state index contributed by atoms with van der Waals surface area (Å²) in [6, 6.07) is 5.64. The largest absolute Gasteiger partial charge is 0.340 e. The van der Waals surface area contributed by atoms with Gasteiger partial charge in [0.2, 0.25) is 0 Å². The number of nitrogens with zero attached hydrogens (tertiary/aromatic N) is 2. The van der Waals surface area contributed by atoms with Gasteiger partial charge in [0.15, 0.2) is 0 Å². The number of anilines is 2. The Balaban J connectivity index is 1.94. The molecular weight excluding hydrogens is 361 g/mol. The number of halogens is 3. The van der Waals surface area contributed by atoms with Gasteiger partial charge in [-0.05, 0) is 53.9 Å². The summed E-state index contributed by atoms with van der Waals surface area (Å²) in [7, 11) is 0. The first-order chi connectivity index (χ1) is 9.54. The fourth-order valence-electron chi connectivity index (χ4n) is 1.86. The van der Waals surface area contributed by atoms with Crippen LogP contribution in [0.25, 0.3) is 0 Å². The zero-order chi connectivity index (χ0) is 14.3. The predicted octanol–water partition coefficient (Wildman–Crippen LogP) is 5.48. The highest BCUT2D eigenvalue weighted by Gasteiger charge is 2.28. The highest BCUT2D eigenvalue weighted by Crippen LogP contribution is 2.40. The zero-order valence-corrected chi connectivity index (χ0v) is 13.8. The van der Waals surface area contributed by atoms with Gasteiger partial charge in [-0.1, -0.05) is 23.2 Å². The van der Waals surface area contributed by atoms with Crippen LogP contribution in [0.3, 0.4) is 0 Å². The van der Waals surface area contributed by atoms with E-state index in [1.165, 1.54) is 0 Å². The average molecular weight is 373 g/mol. The molecule has 0 unspecified atom stereocenters. The minimum Gasteiger partial charge on any atom is -0.340 e. The van der Waals surface area contributed by atoms with E-state index < -0.39 is 0 Å². The number of benzene rings is 1. The molecule has 6 heteroatoms. The quantitative estimate of drug-likeness (QED) is 0.725. The van der Waals surface area contributed by atoms with E-state index in [0.717, 1.165) is 40.2 Å². The lowest BCUT2D eigenvalue weighted by Crippen LogP contribution is -2.03. The predicted molar refractivity (Wildman–Crippen MR) is 86.2 cm³/mol. The SMILES string of the molecule is Cc1c(Cl)nc(C2CC2)nc1Nc1ccc(Cl)c(Br)c1. The van der Waals surface area contributed by atoms with Crippen LogP contribution in [0.5, 0.6) is 0 Å². The molecule has 0 bridgehead atoms. The maximum Gasteiger partial charge on any atom is 0.138 e. The van der Waals surface area contributed by atoms with Gasteiger partial charge in [0.1, 0.15) is 16.8 Å². The number of hydrogen-bond acceptors (Lipinski definition) is 3. The molecule has 0 amide bonds. The van der Waals surface area contributed by atoms with Gasteiger partial charge in [-0.15, -0.1) is 0 Å². The lowest BCUT2D eigenvalue weighted by atomic mass is 10.2. The summed E-state index contributed by atoms with van der Waals surface area (Å²) in [4.78, 5) is 8.94. The van der Waals surface area contributed by atoms with Crippen LogP contribution in [0.2, 0.25) is 10.2 Å². The van der Waals surface area contributed by atoms with Crippen LogP contribution < -0.4 is 5.32 Å². The third-order valence-corrected chi connectivity index (χ3v) is 4.81. The molecule has 1 aromatic carbocycles. The molecule has 20 heavy (non-hydrogen) atoms. The van der Waals surface area contributed by atoms with Gasteiger partial charge >= 0.3 is 0 Å². The second-order valence-electron chi connectivity index (χ2n) is 4.87. The van der Waals surface area contributed by atoms with Crippen LogP contribution in [0.15, 0.2) is 22.7 Å². The van der Waals surface area contributed by atoms with E-state index in [1.807, 2.05) is 25.1 Å². The molecule has 1 fully saturated rings. The lowest BCUT2D eigenvalue weighted by Gasteiger charge is -2.12. The summed E-state index contributed by atoms with van der Waals surface area (Å²) in [5.41, 5.74) is 1.75. The third-order valence-electron chi connectivity index (χ3n) is 3.23. The molecule has 0 saturated heterocycles. The third kappa shape index (κ3) is 2.92. The summed E-state index contributed by atoms with van der Waals surface area (Å²) < 4.78 is 0.837. The topological polar surface area (TPSA) is 37.8 Å². The van der Waals surface area contributed by atoms with Gasteiger partial charge in [-0.25, -0.2) is 9.97 Å². The first-order valence-electron chi connectivity index (χ1n) is 6.30. The van der Waals surface area contributed by atoms with E-state index in [9.17, 15) is 0 Å². The van der Waals surface area contributed by atoms with Crippen LogP contribution >= 0.6 is 39.1 Å². The molecule has 104 valence electrons. The summed E-state index contributed by atoms with van der Waals surface area (Å²) >= 11 is 15.6. The van der Waals surface area contributed by atoms with Gasteiger partial charge in [-0.3, -0.25) is 0 Å². The lowest BCUT2D eigenvalue weighted by molar-refractivity contribution is 0.922. The second kappa shape index (κ2) is 5.51. The zero-order valence-electron chi connectivity index (χ0n) is 10.8. The standard InChI is InChI=1S/C14H12BrCl2N3/c1-7-12(17)19-14(8-2-3-8)20-13(7)18-9-4-5-11(16)10(15)6-9/h4-6,8H,2-3H2,1H3,(H,18,19,20). The molecular formula is C14H12BrCl2N3. The molecule has 1 heterocycles. The van der Waals surface area contributed by atoms with E-state index in [4.69, 9.17) is 23.2 Å². The first-order valence-corrected chi connectivity index (χ1v) is 7.85. The monoisotopic (exact) mass is 371 g/mol. The molecule has 0 aliphatic heterocycles. The van der Waals surface area contributed by atoms with Gasteiger partial charge in [0, 0.05) is 21.6 Å². The minimum atomic E-state index is 0.464. The van der Waals surface area contributed by atoms with Gasteiger partial charge < -0.3 is 5.32 Å². The smallest absolute Gasteiger partial charge is 0.138 e. The second-order valence-corrected chi connectivity index (χ2v) is 6.49. The average Bonchev–Trinajstić information content (AvgIpc) is 3.23. The van der Waals surface area contributed by atoms with Crippen molar-refractivity contribution >= 4 is 50.6 Å². The van der Waals surface area contributed by atoms with Crippen molar-refractivity contribution in [2.75, 3.05) is 5.32 Å². The van der Waals surface area contributed by atoms with Crippen molar-refractivity contribution in [3.05, 3.63) is 44.2 Å². The first kappa shape index (κ1) is 14.1. The summed E-state index contributed by atoms with van der Waals surface area (Å²) in [5.74, 6) is 2.04. The summed E-state index contributed by atoms with van der Waals surface area (Å²) in [5, 5.41) is 4.46. The van der Waals surface area contributed by atoms with Crippen molar-refractivity contribution in [2.24, 2.45) is 0 Å². The molecule has 1 aliphatic rings. The molecule has 3 rings (SSSR count). The minimum absolute atomic E-state index is 0.464. The van der Waals surface area contributed by atoms with Crippen LogP contribution in [0.1, 0.15) is 30.1 Å². The van der Waals surface area contributed by atoms with E-state index in [0.29, 0.717) is 16.1 Å². The van der Waals surface area contributed by atoms with Crippen molar-refractivity contribution in [3.8, 4) is 0 Å². The molecule has 1 aromatic heterocycles. The fraction of sp³-hybridized carbons (Fsp3) is 0.286. The van der Waals surface area contributed by atoms with Gasteiger partial charge in [0.05, 0.1) is 5.02 Å². The van der Waals surface area contributed by atoms with Gasteiger partial charge in [0.25, 0.3) is 0 Å². The highest BCUT2D eigenvalue weighted by atomic mass is 79.9. The Bertz CT molecular complexity index is 672. The Morgan fingerprint density at radius 1 is 1.25 bits per heavy atom.